The van der Waals surface area contributed by atoms with Crippen LogP contribution in [-0.2, 0) is 0 Å². The molecule has 10 aromatic rings. The summed E-state index contributed by atoms with van der Waals surface area (Å²) in [5.74, 6) is 0. The van der Waals surface area contributed by atoms with Crippen LogP contribution in [-0.4, -0.2) is 0 Å². The Morgan fingerprint density at radius 2 is 0.732 bits per heavy atom. The molecule has 0 bridgehead atoms. The molecule has 0 spiro atoms. The molecular formula is C54H37NS. The fraction of sp³-hybridized carbons (Fsp3) is 0. The smallest absolute Gasteiger partial charge is 0.0640 e. The van der Waals surface area contributed by atoms with Crippen LogP contribution in [0.25, 0.3) is 75.8 Å². The van der Waals surface area contributed by atoms with Crippen molar-refractivity contribution in [2.45, 2.75) is 0 Å². The topological polar surface area (TPSA) is 3.24 Å². The van der Waals surface area contributed by atoms with Gasteiger partial charge in [-0.05, 0) is 80.4 Å². The predicted molar refractivity (Wildman–Crippen MR) is 241 cm³/mol. The maximum Gasteiger partial charge on any atom is 0.0640 e. The molecule has 1 aromatic heterocycles. The molecule has 0 aliphatic rings. The standard InChI is InChI=1S/C54H37NS/c1-4-16-38(17-5-1)39-30-32-40(33-31-39)41-34-36-44(37-35-41)55(51-28-15-26-49-47-23-12-13-29-52(47)56-54(49)51)50-27-14-25-46(43-20-8-3-9-21-43)53(50)48-24-11-10-22-45(48)42-18-6-2-7-19-42/h1-37H. The van der Waals surface area contributed by atoms with Crippen LogP contribution in [0, 0.1) is 0 Å². The first kappa shape index (κ1) is 33.6. The van der Waals surface area contributed by atoms with Crippen molar-refractivity contribution in [1.82, 2.24) is 0 Å². The highest BCUT2D eigenvalue weighted by molar-refractivity contribution is 7.26. The van der Waals surface area contributed by atoms with E-state index in [4.69, 9.17) is 0 Å². The first-order valence-electron chi connectivity index (χ1n) is 19.1. The van der Waals surface area contributed by atoms with Crippen LogP contribution >= 0.6 is 11.3 Å². The van der Waals surface area contributed by atoms with E-state index in [0.717, 1.165) is 17.1 Å². The van der Waals surface area contributed by atoms with Crippen molar-refractivity contribution in [3.8, 4) is 55.6 Å². The Morgan fingerprint density at radius 3 is 1.39 bits per heavy atom. The Balaban J connectivity index is 1.20. The Morgan fingerprint density at radius 1 is 0.286 bits per heavy atom. The van der Waals surface area contributed by atoms with E-state index in [1.807, 2.05) is 11.3 Å². The molecule has 0 saturated carbocycles. The van der Waals surface area contributed by atoms with Crippen LogP contribution in [0.2, 0.25) is 0 Å². The van der Waals surface area contributed by atoms with Crippen molar-refractivity contribution in [2.75, 3.05) is 4.90 Å². The van der Waals surface area contributed by atoms with E-state index in [0.29, 0.717) is 0 Å². The van der Waals surface area contributed by atoms with E-state index in [2.05, 4.69) is 229 Å². The Kier molecular flexibility index (Phi) is 8.79. The zero-order chi connectivity index (χ0) is 37.3. The van der Waals surface area contributed by atoms with Crippen LogP contribution in [0.15, 0.2) is 224 Å². The maximum atomic E-state index is 2.49. The van der Waals surface area contributed by atoms with Crippen LogP contribution in [0.4, 0.5) is 17.1 Å². The monoisotopic (exact) mass is 731 g/mol. The zero-order valence-corrected chi connectivity index (χ0v) is 31.5. The molecule has 0 unspecified atom stereocenters. The Bertz CT molecular complexity index is 2930. The van der Waals surface area contributed by atoms with E-state index in [1.165, 1.54) is 75.8 Å². The van der Waals surface area contributed by atoms with Gasteiger partial charge in [0.15, 0.2) is 0 Å². The minimum Gasteiger partial charge on any atom is -0.308 e. The summed E-state index contributed by atoms with van der Waals surface area (Å²) < 4.78 is 2.55. The summed E-state index contributed by atoms with van der Waals surface area (Å²) >= 11 is 1.87. The van der Waals surface area contributed by atoms with Gasteiger partial charge in [0.05, 0.1) is 16.1 Å². The van der Waals surface area contributed by atoms with Crippen molar-refractivity contribution in [3.63, 3.8) is 0 Å². The minimum absolute atomic E-state index is 1.10. The average molecular weight is 732 g/mol. The fourth-order valence-corrected chi connectivity index (χ4v) is 9.25. The van der Waals surface area contributed by atoms with Crippen LogP contribution in [0.5, 0.6) is 0 Å². The van der Waals surface area contributed by atoms with Gasteiger partial charge in [0.1, 0.15) is 0 Å². The number of benzene rings is 9. The molecule has 0 radical (unpaired) electrons. The van der Waals surface area contributed by atoms with Crippen molar-refractivity contribution >= 4 is 48.6 Å². The second-order valence-corrected chi connectivity index (χ2v) is 15.1. The molecule has 2 heteroatoms. The van der Waals surface area contributed by atoms with E-state index in [1.54, 1.807) is 0 Å². The minimum atomic E-state index is 1.10. The van der Waals surface area contributed by atoms with Gasteiger partial charge in [-0.25, -0.2) is 0 Å². The average Bonchev–Trinajstić information content (AvgIpc) is 3.67. The van der Waals surface area contributed by atoms with Crippen LogP contribution in [0.1, 0.15) is 0 Å². The third-order valence-corrected chi connectivity index (χ3v) is 11.9. The van der Waals surface area contributed by atoms with E-state index in [9.17, 15) is 0 Å². The maximum absolute atomic E-state index is 2.49. The van der Waals surface area contributed by atoms with Gasteiger partial charge in [-0.1, -0.05) is 194 Å². The lowest BCUT2D eigenvalue weighted by Crippen LogP contribution is -2.12. The van der Waals surface area contributed by atoms with Crippen LogP contribution in [0.3, 0.4) is 0 Å². The SMILES string of the molecule is c1ccc(-c2ccc(-c3ccc(N(c4cccc(-c5ccccc5)c4-c4ccccc4-c4ccccc4)c4cccc5c4sc4ccccc45)cc3)cc2)cc1. The molecule has 56 heavy (non-hydrogen) atoms. The summed E-state index contributed by atoms with van der Waals surface area (Å²) in [6, 6.07) is 81.3. The largest absolute Gasteiger partial charge is 0.308 e. The molecule has 9 aromatic carbocycles. The van der Waals surface area contributed by atoms with Gasteiger partial charge in [-0.15, -0.1) is 11.3 Å². The van der Waals surface area contributed by atoms with E-state index in [-0.39, 0.29) is 0 Å². The summed E-state index contributed by atoms with van der Waals surface area (Å²) in [7, 11) is 0. The van der Waals surface area contributed by atoms with Gasteiger partial charge < -0.3 is 4.90 Å². The molecular weight excluding hydrogens is 695 g/mol. The summed E-state index contributed by atoms with van der Waals surface area (Å²) in [5, 5.41) is 2.56. The fourth-order valence-electron chi connectivity index (χ4n) is 8.04. The number of fused-ring (bicyclic) bond motifs is 3. The number of rotatable bonds is 8. The lowest BCUT2D eigenvalue weighted by atomic mass is 9.87. The predicted octanol–water partition coefficient (Wildman–Crippen LogP) is 15.9. The van der Waals surface area contributed by atoms with Crippen LogP contribution < -0.4 is 4.90 Å². The van der Waals surface area contributed by atoms with E-state index >= 15 is 0 Å². The molecule has 0 saturated heterocycles. The molecule has 0 aliphatic carbocycles. The lowest BCUT2D eigenvalue weighted by Gasteiger charge is -2.30. The van der Waals surface area contributed by atoms with Gasteiger partial charge in [0, 0.05) is 26.7 Å². The van der Waals surface area contributed by atoms with Crippen molar-refractivity contribution in [1.29, 1.82) is 0 Å². The summed E-state index contributed by atoms with van der Waals surface area (Å²) in [5.41, 5.74) is 15.3. The zero-order valence-electron chi connectivity index (χ0n) is 30.7. The molecule has 1 heterocycles. The summed E-state index contributed by atoms with van der Waals surface area (Å²) in [6.07, 6.45) is 0. The second-order valence-electron chi connectivity index (χ2n) is 14.1. The summed E-state index contributed by atoms with van der Waals surface area (Å²) in [6.45, 7) is 0. The number of nitrogens with zero attached hydrogens (tertiary/aromatic N) is 1. The first-order chi connectivity index (χ1) is 27.8. The van der Waals surface area contributed by atoms with Crippen molar-refractivity contribution in [3.05, 3.63) is 224 Å². The first-order valence-corrected chi connectivity index (χ1v) is 19.9. The third-order valence-electron chi connectivity index (χ3n) is 10.7. The molecule has 0 atom stereocenters. The third kappa shape index (κ3) is 6.17. The molecule has 0 amide bonds. The molecule has 0 aliphatic heterocycles. The quantitative estimate of drug-likeness (QED) is 0.150. The number of thiophene rings is 1. The van der Waals surface area contributed by atoms with Crippen molar-refractivity contribution < 1.29 is 0 Å². The second kappa shape index (κ2) is 14.7. The molecule has 1 nitrogen and oxygen atoms in total. The highest BCUT2D eigenvalue weighted by Crippen LogP contribution is 2.51. The molecule has 0 N–H and O–H groups in total. The highest BCUT2D eigenvalue weighted by atomic mass is 32.1. The van der Waals surface area contributed by atoms with Gasteiger partial charge in [-0.2, -0.15) is 0 Å². The molecule has 10 rings (SSSR count). The van der Waals surface area contributed by atoms with Gasteiger partial charge in [0.25, 0.3) is 0 Å². The van der Waals surface area contributed by atoms with E-state index < -0.39 is 0 Å². The lowest BCUT2D eigenvalue weighted by molar-refractivity contribution is 1.30. The normalized spacial score (nSPS) is 11.2. The highest BCUT2D eigenvalue weighted by Gasteiger charge is 2.24. The van der Waals surface area contributed by atoms with Gasteiger partial charge in [0.2, 0.25) is 0 Å². The Hall–Kier alpha value is -7.00. The Labute approximate surface area is 332 Å². The number of anilines is 3. The van der Waals surface area contributed by atoms with Gasteiger partial charge in [-0.3, -0.25) is 0 Å². The summed E-state index contributed by atoms with van der Waals surface area (Å²) in [4.78, 5) is 2.49. The van der Waals surface area contributed by atoms with Crippen molar-refractivity contribution in [2.24, 2.45) is 0 Å². The number of hydrogen-bond donors (Lipinski definition) is 0. The number of hydrogen-bond acceptors (Lipinski definition) is 2. The van der Waals surface area contributed by atoms with Gasteiger partial charge >= 0.3 is 0 Å². The molecule has 0 fully saturated rings. The molecule has 264 valence electrons.